The van der Waals surface area contributed by atoms with Crippen LogP contribution in [0.3, 0.4) is 0 Å². The van der Waals surface area contributed by atoms with Crippen molar-refractivity contribution >= 4 is 33.3 Å². The molecule has 0 saturated carbocycles. The molecule has 0 aliphatic carbocycles. The number of hydrogen-bond acceptors (Lipinski definition) is 4. The zero-order valence-corrected chi connectivity index (χ0v) is 15.2. The Balaban J connectivity index is 1.31. The average Bonchev–Trinajstić information content (AvgIpc) is 3.30. The molecule has 0 bridgehead atoms. The van der Waals surface area contributed by atoms with Crippen molar-refractivity contribution in [3.05, 3.63) is 47.6 Å². The van der Waals surface area contributed by atoms with Crippen molar-refractivity contribution in [2.45, 2.75) is 12.8 Å². The highest BCUT2D eigenvalue weighted by molar-refractivity contribution is 7.13. The molecule has 1 aliphatic rings. The Bertz CT molecular complexity index is 863. The molecule has 1 saturated heterocycles. The minimum atomic E-state index is 0.256. The van der Waals surface area contributed by atoms with E-state index >= 15 is 0 Å². The Hall–Kier alpha value is -2.34. The summed E-state index contributed by atoms with van der Waals surface area (Å²) in [4.78, 5) is 21.1. The van der Waals surface area contributed by atoms with E-state index in [0.29, 0.717) is 6.42 Å². The van der Waals surface area contributed by atoms with Gasteiger partial charge in [0.2, 0.25) is 5.91 Å². The maximum absolute atomic E-state index is 12.5. The molecular weight excluding hydrogens is 332 g/mol. The molecule has 0 unspecified atom stereocenters. The Morgan fingerprint density at radius 3 is 2.80 bits per heavy atom. The van der Waals surface area contributed by atoms with Gasteiger partial charge in [0.15, 0.2) is 5.13 Å². The van der Waals surface area contributed by atoms with Crippen molar-refractivity contribution in [1.29, 1.82) is 0 Å². The maximum Gasteiger partial charge on any atom is 0.223 e. The van der Waals surface area contributed by atoms with E-state index in [1.165, 1.54) is 16.5 Å². The van der Waals surface area contributed by atoms with E-state index in [1.54, 1.807) is 11.3 Å². The van der Waals surface area contributed by atoms with Gasteiger partial charge in [0, 0.05) is 62.9 Å². The lowest BCUT2D eigenvalue weighted by Crippen LogP contribution is -2.48. The van der Waals surface area contributed by atoms with Gasteiger partial charge in [-0.05, 0) is 35.6 Å². The number of piperazine rings is 1. The van der Waals surface area contributed by atoms with Gasteiger partial charge < -0.3 is 14.4 Å². The Kier molecular flexibility index (Phi) is 4.44. The zero-order chi connectivity index (χ0) is 17.2. The molecule has 1 aromatic carbocycles. The first-order valence-corrected chi connectivity index (χ1v) is 9.55. The molecule has 0 N–H and O–H groups in total. The summed E-state index contributed by atoms with van der Waals surface area (Å²) in [5, 5.41) is 4.30. The van der Waals surface area contributed by atoms with E-state index in [9.17, 15) is 4.79 Å². The molecule has 6 heteroatoms. The van der Waals surface area contributed by atoms with Gasteiger partial charge in [0.1, 0.15) is 0 Å². The number of rotatable bonds is 4. The quantitative estimate of drug-likeness (QED) is 0.723. The lowest BCUT2D eigenvalue weighted by Gasteiger charge is -2.34. The molecule has 3 heterocycles. The van der Waals surface area contributed by atoms with E-state index in [1.807, 2.05) is 16.5 Å². The molecule has 0 radical (unpaired) electrons. The van der Waals surface area contributed by atoms with Crippen LogP contribution in [-0.4, -0.2) is 46.5 Å². The first-order chi connectivity index (χ1) is 12.2. The van der Waals surface area contributed by atoms with Crippen LogP contribution in [0.4, 0.5) is 5.13 Å². The largest absolute Gasteiger partial charge is 0.351 e. The summed E-state index contributed by atoms with van der Waals surface area (Å²) < 4.78 is 2.12. The number of aromatic nitrogens is 2. The molecule has 0 atom stereocenters. The van der Waals surface area contributed by atoms with Crippen LogP contribution in [0.25, 0.3) is 10.9 Å². The van der Waals surface area contributed by atoms with Crippen LogP contribution in [0, 0.1) is 0 Å². The number of aryl methyl sites for hydroxylation is 2. The predicted molar refractivity (Wildman–Crippen MR) is 102 cm³/mol. The number of fused-ring (bicyclic) bond motifs is 1. The highest BCUT2D eigenvalue weighted by atomic mass is 32.1. The summed E-state index contributed by atoms with van der Waals surface area (Å²) in [5.41, 5.74) is 2.46. The third kappa shape index (κ3) is 3.39. The zero-order valence-electron chi connectivity index (χ0n) is 14.4. The second-order valence-corrected chi connectivity index (χ2v) is 7.38. The van der Waals surface area contributed by atoms with Gasteiger partial charge in [-0.15, -0.1) is 11.3 Å². The standard InChI is InChI=1S/C19H22N4OS/c1-21-8-6-16-14-15(2-4-17(16)21)3-5-18(24)22-9-11-23(12-10-22)19-20-7-13-25-19/h2,4,6-8,13-14H,3,5,9-12H2,1H3. The first kappa shape index (κ1) is 16.1. The molecule has 25 heavy (non-hydrogen) atoms. The minimum absolute atomic E-state index is 0.256. The number of benzene rings is 1. The van der Waals surface area contributed by atoms with E-state index in [-0.39, 0.29) is 5.91 Å². The minimum Gasteiger partial charge on any atom is -0.351 e. The number of anilines is 1. The Labute approximate surface area is 151 Å². The Morgan fingerprint density at radius 2 is 2.04 bits per heavy atom. The second kappa shape index (κ2) is 6.88. The molecular formula is C19H22N4OS. The van der Waals surface area contributed by atoms with Crippen molar-refractivity contribution in [2.75, 3.05) is 31.1 Å². The van der Waals surface area contributed by atoms with Crippen molar-refractivity contribution in [1.82, 2.24) is 14.5 Å². The predicted octanol–water partition coefficient (Wildman–Crippen LogP) is 2.92. The summed E-state index contributed by atoms with van der Waals surface area (Å²) in [6.07, 6.45) is 5.29. The molecule has 1 aliphatic heterocycles. The molecule has 3 aromatic rings. The summed E-state index contributed by atoms with van der Waals surface area (Å²) in [6.45, 7) is 3.32. The van der Waals surface area contributed by atoms with Crippen LogP contribution in [0.2, 0.25) is 0 Å². The molecule has 1 fully saturated rings. The summed E-state index contributed by atoms with van der Waals surface area (Å²) in [7, 11) is 2.05. The summed E-state index contributed by atoms with van der Waals surface area (Å²) in [6, 6.07) is 8.60. The number of hydrogen-bond donors (Lipinski definition) is 0. The van der Waals surface area contributed by atoms with Crippen LogP contribution in [0.5, 0.6) is 0 Å². The summed E-state index contributed by atoms with van der Waals surface area (Å²) in [5.74, 6) is 0.256. The third-order valence-electron chi connectivity index (χ3n) is 4.90. The maximum atomic E-state index is 12.5. The normalized spacial score (nSPS) is 15.1. The Morgan fingerprint density at radius 1 is 1.20 bits per heavy atom. The van der Waals surface area contributed by atoms with E-state index in [4.69, 9.17) is 0 Å². The number of nitrogens with zero attached hydrogens (tertiary/aromatic N) is 4. The third-order valence-corrected chi connectivity index (χ3v) is 5.73. The van der Waals surface area contributed by atoms with Crippen LogP contribution in [-0.2, 0) is 18.3 Å². The highest BCUT2D eigenvalue weighted by Crippen LogP contribution is 2.20. The lowest BCUT2D eigenvalue weighted by atomic mass is 10.1. The van der Waals surface area contributed by atoms with Gasteiger partial charge in [-0.3, -0.25) is 4.79 Å². The average molecular weight is 354 g/mol. The molecule has 0 spiro atoms. The van der Waals surface area contributed by atoms with E-state index in [2.05, 4.69) is 52.0 Å². The van der Waals surface area contributed by atoms with Crippen molar-refractivity contribution in [2.24, 2.45) is 7.05 Å². The van der Waals surface area contributed by atoms with Crippen LogP contribution in [0.1, 0.15) is 12.0 Å². The number of amides is 1. The number of carbonyl (C=O) groups excluding carboxylic acids is 1. The second-order valence-electron chi connectivity index (χ2n) is 6.50. The van der Waals surface area contributed by atoms with E-state index < -0.39 is 0 Å². The van der Waals surface area contributed by atoms with Crippen LogP contribution in [0.15, 0.2) is 42.0 Å². The van der Waals surface area contributed by atoms with Gasteiger partial charge >= 0.3 is 0 Å². The van der Waals surface area contributed by atoms with Crippen LogP contribution >= 0.6 is 11.3 Å². The SMILES string of the molecule is Cn1ccc2cc(CCC(=O)N3CCN(c4nccs4)CC3)ccc21. The fourth-order valence-corrected chi connectivity index (χ4v) is 4.11. The lowest BCUT2D eigenvalue weighted by molar-refractivity contribution is -0.131. The fraction of sp³-hybridized carbons (Fsp3) is 0.368. The monoisotopic (exact) mass is 354 g/mol. The van der Waals surface area contributed by atoms with Crippen molar-refractivity contribution < 1.29 is 4.79 Å². The van der Waals surface area contributed by atoms with Gasteiger partial charge in [0.05, 0.1) is 0 Å². The number of carbonyl (C=O) groups is 1. The van der Waals surface area contributed by atoms with Gasteiger partial charge in [0.25, 0.3) is 0 Å². The van der Waals surface area contributed by atoms with Crippen molar-refractivity contribution in [3.8, 4) is 0 Å². The smallest absolute Gasteiger partial charge is 0.223 e. The van der Waals surface area contributed by atoms with Crippen molar-refractivity contribution in [3.63, 3.8) is 0 Å². The molecule has 130 valence electrons. The van der Waals surface area contributed by atoms with Gasteiger partial charge in [-0.1, -0.05) is 6.07 Å². The van der Waals surface area contributed by atoms with Crippen LogP contribution < -0.4 is 4.90 Å². The van der Waals surface area contributed by atoms with Gasteiger partial charge in [-0.25, -0.2) is 4.98 Å². The highest BCUT2D eigenvalue weighted by Gasteiger charge is 2.22. The molecule has 2 aromatic heterocycles. The topological polar surface area (TPSA) is 41.4 Å². The van der Waals surface area contributed by atoms with Gasteiger partial charge in [-0.2, -0.15) is 0 Å². The molecule has 5 nitrogen and oxygen atoms in total. The first-order valence-electron chi connectivity index (χ1n) is 8.67. The molecule has 1 amide bonds. The fourth-order valence-electron chi connectivity index (χ4n) is 3.42. The molecule has 4 rings (SSSR count). The summed E-state index contributed by atoms with van der Waals surface area (Å²) >= 11 is 1.66. The number of thiazole rings is 1. The van der Waals surface area contributed by atoms with E-state index in [0.717, 1.165) is 37.7 Å².